The van der Waals surface area contributed by atoms with Gasteiger partial charge in [-0.15, -0.1) is 0 Å². The predicted molar refractivity (Wildman–Crippen MR) is 93.2 cm³/mol. The lowest BCUT2D eigenvalue weighted by atomic mass is 9.95. The average molecular weight is 346 g/mol. The monoisotopic (exact) mass is 346 g/mol. The van der Waals surface area contributed by atoms with E-state index < -0.39 is 5.91 Å². The van der Waals surface area contributed by atoms with Gasteiger partial charge in [0, 0.05) is 25.4 Å². The summed E-state index contributed by atoms with van der Waals surface area (Å²) in [6.07, 6.45) is 5.31. The van der Waals surface area contributed by atoms with Crippen LogP contribution in [0.4, 0.5) is 0 Å². The van der Waals surface area contributed by atoms with Crippen molar-refractivity contribution in [2.75, 3.05) is 33.2 Å². The molecule has 2 atom stereocenters. The minimum Gasteiger partial charge on any atom is -0.488 e. The Kier molecular flexibility index (Phi) is 5.53. The van der Waals surface area contributed by atoms with E-state index in [1.54, 1.807) is 12.1 Å². The zero-order valence-corrected chi connectivity index (χ0v) is 14.7. The van der Waals surface area contributed by atoms with Crippen molar-refractivity contribution < 1.29 is 14.3 Å². The van der Waals surface area contributed by atoms with Crippen molar-refractivity contribution in [3.05, 3.63) is 24.0 Å². The second-order valence-corrected chi connectivity index (χ2v) is 7.01. The summed E-state index contributed by atoms with van der Waals surface area (Å²) < 4.78 is 5.98. The smallest absolute Gasteiger partial charge is 0.267 e. The Labute approximate surface area is 148 Å². The summed E-state index contributed by atoms with van der Waals surface area (Å²) >= 11 is 0. The Morgan fingerprint density at radius 3 is 2.80 bits per heavy atom. The van der Waals surface area contributed by atoms with Gasteiger partial charge in [0.05, 0.1) is 12.5 Å². The molecule has 2 saturated heterocycles. The maximum absolute atomic E-state index is 12.8. The van der Waals surface area contributed by atoms with Gasteiger partial charge in [-0.3, -0.25) is 14.6 Å². The quantitative estimate of drug-likeness (QED) is 0.875. The first-order valence-electron chi connectivity index (χ1n) is 8.93. The van der Waals surface area contributed by atoms with Gasteiger partial charge in [0.1, 0.15) is 17.5 Å². The summed E-state index contributed by atoms with van der Waals surface area (Å²) in [7, 11) is 2.07. The molecule has 2 amide bonds. The highest BCUT2D eigenvalue weighted by atomic mass is 16.5. The first kappa shape index (κ1) is 17.7. The number of nitrogens with two attached hydrogens (primary N) is 1. The molecule has 0 radical (unpaired) electrons. The largest absolute Gasteiger partial charge is 0.488 e. The van der Waals surface area contributed by atoms with E-state index in [0.29, 0.717) is 12.3 Å². The first-order chi connectivity index (χ1) is 12.0. The number of piperidine rings is 2. The van der Waals surface area contributed by atoms with E-state index in [1.807, 2.05) is 4.90 Å². The maximum atomic E-state index is 12.8. The fourth-order valence-corrected chi connectivity index (χ4v) is 3.67. The third-order valence-electron chi connectivity index (χ3n) is 4.95. The lowest BCUT2D eigenvalue weighted by Gasteiger charge is -2.37. The summed E-state index contributed by atoms with van der Waals surface area (Å²) in [5, 5.41) is 0. The molecule has 2 aliphatic heterocycles. The summed E-state index contributed by atoms with van der Waals surface area (Å²) in [4.78, 5) is 32.1. The molecule has 0 saturated carbocycles. The molecule has 0 aromatic carbocycles. The van der Waals surface area contributed by atoms with Crippen LogP contribution in [-0.2, 0) is 4.79 Å². The molecule has 2 unspecified atom stereocenters. The standard InChI is InChI=1S/C18H26N4O3/c1-21-8-2-4-13(11-21)18(24)22-9-3-5-15(12-22)25-14-6-7-20-16(10-14)17(19)23/h6-7,10,13,15H,2-5,8-9,11-12H2,1H3,(H2,19,23). The van der Waals surface area contributed by atoms with Crippen molar-refractivity contribution in [1.82, 2.24) is 14.8 Å². The molecular weight excluding hydrogens is 320 g/mol. The number of carbonyl (C=O) groups is 2. The summed E-state index contributed by atoms with van der Waals surface area (Å²) in [6, 6.07) is 3.27. The highest BCUT2D eigenvalue weighted by molar-refractivity contribution is 5.91. The van der Waals surface area contributed by atoms with Crippen LogP contribution in [0.25, 0.3) is 0 Å². The molecule has 1 aromatic rings. The molecular formula is C18H26N4O3. The van der Waals surface area contributed by atoms with E-state index in [1.165, 1.54) is 6.20 Å². The van der Waals surface area contributed by atoms with Crippen LogP contribution in [0.2, 0.25) is 0 Å². The van der Waals surface area contributed by atoms with Crippen molar-refractivity contribution >= 4 is 11.8 Å². The Hall–Kier alpha value is -2.15. The third-order valence-corrected chi connectivity index (χ3v) is 4.95. The van der Waals surface area contributed by atoms with Gasteiger partial charge in [0.25, 0.3) is 5.91 Å². The molecule has 3 heterocycles. The highest BCUT2D eigenvalue weighted by Gasteiger charge is 2.31. The van der Waals surface area contributed by atoms with E-state index in [0.717, 1.165) is 45.3 Å². The number of aromatic nitrogens is 1. The van der Waals surface area contributed by atoms with Crippen LogP contribution in [0, 0.1) is 5.92 Å². The van der Waals surface area contributed by atoms with Gasteiger partial charge in [0.2, 0.25) is 5.91 Å². The second-order valence-electron chi connectivity index (χ2n) is 7.01. The molecule has 2 aliphatic rings. The lowest BCUT2D eigenvalue weighted by Crippen LogP contribution is -2.49. The molecule has 7 heteroatoms. The van der Waals surface area contributed by atoms with Crippen LogP contribution in [0.3, 0.4) is 0 Å². The zero-order valence-electron chi connectivity index (χ0n) is 14.7. The Balaban J connectivity index is 1.60. The van der Waals surface area contributed by atoms with E-state index in [2.05, 4.69) is 16.9 Å². The number of hydrogen-bond donors (Lipinski definition) is 1. The Morgan fingerprint density at radius 1 is 1.24 bits per heavy atom. The molecule has 25 heavy (non-hydrogen) atoms. The van der Waals surface area contributed by atoms with E-state index in [-0.39, 0.29) is 23.6 Å². The number of nitrogens with zero attached hydrogens (tertiary/aromatic N) is 3. The summed E-state index contributed by atoms with van der Waals surface area (Å²) in [6.45, 7) is 3.29. The molecule has 0 aliphatic carbocycles. The normalized spacial score (nSPS) is 24.8. The summed E-state index contributed by atoms with van der Waals surface area (Å²) in [5.41, 5.74) is 5.44. The van der Waals surface area contributed by atoms with Crippen molar-refractivity contribution in [2.45, 2.75) is 31.8 Å². The second kappa shape index (κ2) is 7.82. The molecule has 0 bridgehead atoms. The fourth-order valence-electron chi connectivity index (χ4n) is 3.67. The van der Waals surface area contributed by atoms with Crippen LogP contribution in [-0.4, -0.2) is 65.9 Å². The van der Waals surface area contributed by atoms with Crippen molar-refractivity contribution in [2.24, 2.45) is 11.7 Å². The third kappa shape index (κ3) is 4.48. The molecule has 2 N–H and O–H groups in total. The Morgan fingerprint density at radius 2 is 2.04 bits per heavy atom. The van der Waals surface area contributed by atoms with Gasteiger partial charge in [0.15, 0.2) is 0 Å². The molecule has 7 nitrogen and oxygen atoms in total. The van der Waals surface area contributed by atoms with Crippen LogP contribution < -0.4 is 10.5 Å². The fraction of sp³-hybridized carbons (Fsp3) is 0.611. The molecule has 1 aromatic heterocycles. The van der Waals surface area contributed by atoms with E-state index in [9.17, 15) is 9.59 Å². The van der Waals surface area contributed by atoms with E-state index >= 15 is 0 Å². The number of hydrogen-bond acceptors (Lipinski definition) is 5. The number of rotatable bonds is 4. The van der Waals surface area contributed by atoms with Crippen LogP contribution in [0.5, 0.6) is 5.75 Å². The molecule has 0 spiro atoms. The van der Waals surface area contributed by atoms with Gasteiger partial charge in [-0.1, -0.05) is 0 Å². The highest BCUT2D eigenvalue weighted by Crippen LogP contribution is 2.23. The SMILES string of the molecule is CN1CCCC(C(=O)N2CCCC(Oc3ccnc(C(N)=O)c3)C2)C1. The van der Waals surface area contributed by atoms with Crippen LogP contribution >= 0.6 is 0 Å². The minimum absolute atomic E-state index is 0.0675. The number of ether oxygens (including phenoxy) is 1. The predicted octanol–water partition coefficient (Wildman–Crippen LogP) is 0.892. The first-order valence-corrected chi connectivity index (χ1v) is 8.93. The Bertz CT molecular complexity index is 637. The van der Waals surface area contributed by atoms with Gasteiger partial charge < -0.3 is 20.3 Å². The van der Waals surface area contributed by atoms with E-state index in [4.69, 9.17) is 10.5 Å². The van der Waals surface area contributed by atoms with Gasteiger partial charge >= 0.3 is 0 Å². The number of primary amides is 1. The minimum atomic E-state index is -0.577. The zero-order chi connectivity index (χ0) is 17.8. The van der Waals surface area contributed by atoms with Gasteiger partial charge in [-0.05, 0) is 45.3 Å². The molecule has 3 rings (SSSR count). The number of pyridine rings is 1. The maximum Gasteiger partial charge on any atom is 0.267 e. The van der Waals surface area contributed by atoms with Crippen molar-refractivity contribution in [3.8, 4) is 5.75 Å². The number of carbonyl (C=O) groups excluding carboxylic acids is 2. The summed E-state index contributed by atoms with van der Waals surface area (Å²) in [5.74, 6) is 0.333. The topological polar surface area (TPSA) is 88.8 Å². The van der Waals surface area contributed by atoms with Crippen LogP contribution in [0.15, 0.2) is 18.3 Å². The average Bonchev–Trinajstić information content (AvgIpc) is 2.61. The molecule has 2 fully saturated rings. The number of likely N-dealkylation sites (tertiary alicyclic amines) is 2. The van der Waals surface area contributed by atoms with Gasteiger partial charge in [-0.25, -0.2) is 0 Å². The van der Waals surface area contributed by atoms with Crippen molar-refractivity contribution in [3.63, 3.8) is 0 Å². The van der Waals surface area contributed by atoms with Crippen molar-refractivity contribution in [1.29, 1.82) is 0 Å². The molecule has 136 valence electrons. The number of amides is 2. The lowest BCUT2D eigenvalue weighted by molar-refractivity contribution is -0.139. The van der Waals surface area contributed by atoms with Crippen LogP contribution in [0.1, 0.15) is 36.2 Å². The van der Waals surface area contributed by atoms with Gasteiger partial charge in [-0.2, -0.15) is 0 Å².